The Kier molecular flexibility index (Phi) is 6.51. The van der Waals surface area contributed by atoms with E-state index in [1.165, 1.54) is 11.1 Å². The van der Waals surface area contributed by atoms with E-state index in [1.807, 2.05) is 37.3 Å². The number of aryl methyl sites for hydroxylation is 1. The summed E-state index contributed by atoms with van der Waals surface area (Å²) in [4.78, 5) is 28.7. The molecule has 1 unspecified atom stereocenters. The van der Waals surface area contributed by atoms with Crippen molar-refractivity contribution in [1.29, 1.82) is 0 Å². The average Bonchev–Trinajstić information content (AvgIpc) is 3.32. The Morgan fingerprint density at radius 3 is 2.56 bits per heavy atom. The van der Waals surface area contributed by atoms with Crippen molar-refractivity contribution in [3.8, 4) is 28.9 Å². The molecule has 0 fully saturated rings. The first kappa shape index (κ1) is 25.5. The molecule has 3 aromatic heterocycles. The van der Waals surface area contributed by atoms with E-state index in [9.17, 15) is 9.90 Å². The summed E-state index contributed by atoms with van der Waals surface area (Å²) in [6, 6.07) is 14.0. The molecule has 39 heavy (non-hydrogen) atoms. The zero-order chi connectivity index (χ0) is 27.7. The number of nitrogens with zero attached hydrogens (tertiary/aromatic N) is 8. The third-order valence-corrected chi connectivity index (χ3v) is 5.79. The molecule has 2 aromatic carbocycles. The smallest absolute Gasteiger partial charge is 0.267 e. The number of nitrogen functional groups attached to an aromatic ring is 1. The molecule has 3 heterocycles. The number of hydrogen-bond acceptors (Lipinski definition) is 10. The van der Waals surface area contributed by atoms with Crippen LogP contribution in [0.25, 0.3) is 28.0 Å². The molecule has 0 amide bonds. The Morgan fingerprint density at radius 2 is 1.87 bits per heavy atom. The Bertz CT molecular complexity index is 1790. The molecule has 0 aliphatic carbocycles. The van der Waals surface area contributed by atoms with Crippen molar-refractivity contribution in [2.24, 2.45) is 7.05 Å². The second kappa shape index (κ2) is 9.96. The van der Waals surface area contributed by atoms with Gasteiger partial charge in [-0.2, -0.15) is 4.80 Å². The van der Waals surface area contributed by atoms with E-state index in [0.717, 1.165) is 0 Å². The molecule has 0 saturated carbocycles. The topological polar surface area (TPSA) is 163 Å². The number of aromatic nitrogens is 8. The first-order chi connectivity index (χ1) is 18.6. The highest BCUT2D eigenvalue weighted by atomic mass is 16.3. The summed E-state index contributed by atoms with van der Waals surface area (Å²) in [6.45, 7) is 5.03. The maximum Gasteiger partial charge on any atom is 0.267 e. The van der Waals surface area contributed by atoms with E-state index >= 15 is 0 Å². The lowest BCUT2D eigenvalue weighted by atomic mass is 10.1. The van der Waals surface area contributed by atoms with E-state index in [2.05, 4.69) is 42.5 Å². The van der Waals surface area contributed by atoms with Gasteiger partial charge in [0, 0.05) is 5.56 Å². The molecule has 0 spiro atoms. The predicted molar refractivity (Wildman–Crippen MR) is 147 cm³/mol. The van der Waals surface area contributed by atoms with E-state index in [4.69, 9.17) is 10.7 Å². The maximum atomic E-state index is 14.1. The molecule has 0 aliphatic rings. The van der Waals surface area contributed by atoms with Crippen LogP contribution < -0.4 is 16.6 Å². The van der Waals surface area contributed by atoms with Crippen LogP contribution >= 0.6 is 0 Å². The molecular weight excluding hydrogens is 496 g/mol. The van der Waals surface area contributed by atoms with Gasteiger partial charge in [-0.25, -0.2) is 15.0 Å². The third-order valence-electron chi connectivity index (χ3n) is 5.79. The molecule has 12 nitrogen and oxygen atoms in total. The van der Waals surface area contributed by atoms with Crippen LogP contribution in [0.15, 0.2) is 59.7 Å². The third kappa shape index (κ3) is 5.16. The van der Waals surface area contributed by atoms with E-state index in [1.54, 1.807) is 43.7 Å². The molecule has 196 valence electrons. The van der Waals surface area contributed by atoms with Gasteiger partial charge in [-0.15, -0.1) is 10.2 Å². The fourth-order valence-electron chi connectivity index (χ4n) is 4.07. The summed E-state index contributed by atoms with van der Waals surface area (Å²) < 4.78 is 1.54. The van der Waals surface area contributed by atoms with Gasteiger partial charge in [-0.3, -0.25) is 9.36 Å². The number of para-hydroxylation sites is 1. The van der Waals surface area contributed by atoms with Crippen molar-refractivity contribution in [2.45, 2.75) is 32.4 Å². The average molecular weight is 523 g/mol. The molecule has 5 rings (SSSR count). The van der Waals surface area contributed by atoms with E-state index in [0.29, 0.717) is 39.4 Å². The molecule has 0 bridgehead atoms. The van der Waals surface area contributed by atoms with Gasteiger partial charge in [0.1, 0.15) is 35.0 Å². The van der Waals surface area contributed by atoms with Crippen molar-refractivity contribution in [2.75, 3.05) is 11.1 Å². The fourth-order valence-corrected chi connectivity index (χ4v) is 4.07. The summed E-state index contributed by atoms with van der Waals surface area (Å²) in [5.74, 6) is 6.96. The van der Waals surface area contributed by atoms with Crippen LogP contribution in [0.5, 0.6) is 0 Å². The first-order valence-electron chi connectivity index (χ1n) is 12.1. The van der Waals surface area contributed by atoms with Crippen LogP contribution in [0.2, 0.25) is 0 Å². The first-order valence-corrected chi connectivity index (χ1v) is 12.1. The normalized spacial score (nSPS) is 12.1. The highest BCUT2D eigenvalue weighted by molar-refractivity contribution is 5.85. The van der Waals surface area contributed by atoms with Crippen molar-refractivity contribution >= 4 is 22.5 Å². The summed E-state index contributed by atoms with van der Waals surface area (Å²) in [6.07, 6.45) is 1.33. The quantitative estimate of drug-likeness (QED) is 0.292. The van der Waals surface area contributed by atoms with Gasteiger partial charge >= 0.3 is 0 Å². The number of anilines is 2. The lowest BCUT2D eigenvalue weighted by Crippen LogP contribution is -2.28. The van der Waals surface area contributed by atoms with Gasteiger partial charge in [0.2, 0.25) is 5.82 Å². The molecule has 1 atom stereocenters. The van der Waals surface area contributed by atoms with Gasteiger partial charge in [-0.05, 0) is 50.3 Å². The van der Waals surface area contributed by atoms with Crippen LogP contribution in [0.1, 0.15) is 38.2 Å². The highest BCUT2D eigenvalue weighted by Gasteiger charge is 2.23. The number of rotatable bonds is 5. The number of fused-ring (bicyclic) bond motifs is 1. The lowest BCUT2D eigenvalue weighted by molar-refractivity contribution is 0.143. The number of nitrogens with one attached hydrogen (secondary N) is 1. The van der Waals surface area contributed by atoms with Crippen LogP contribution in [0, 0.1) is 11.8 Å². The molecule has 0 saturated heterocycles. The fraction of sp³-hybridized carbons (Fsp3) is 0.222. The number of aliphatic hydroxyl groups is 1. The summed E-state index contributed by atoms with van der Waals surface area (Å²) in [5.41, 5.74) is 6.60. The van der Waals surface area contributed by atoms with Crippen LogP contribution in [0.3, 0.4) is 0 Å². The molecule has 0 radical (unpaired) electrons. The van der Waals surface area contributed by atoms with Gasteiger partial charge in [0.05, 0.1) is 29.7 Å². The number of tetrazole rings is 1. The minimum atomic E-state index is -1.22. The number of hydrogen-bond donors (Lipinski definition) is 3. The Morgan fingerprint density at radius 1 is 1.10 bits per heavy atom. The van der Waals surface area contributed by atoms with Crippen molar-refractivity contribution in [1.82, 2.24) is 39.7 Å². The standard InChI is InChI=1S/C27H26N10O2/c1-16(31-23-21(22(28)29-15-30-23)24-33-35-36(4)34-24)25-32-19-12-8-9-17(13-14-27(2,3)39)20(19)26(38)37(25)18-10-6-5-7-11-18/h5-12,15-16,39H,1-4H3,(H3,28,29,30,31). The van der Waals surface area contributed by atoms with Crippen LogP contribution in [0.4, 0.5) is 11.6 Å². The monoisotopic (exact) mass is 522 g/mol. The predicted octanol–water partition coefficient (Wildman–Crippen LogP) is 2.24. The van der Waals surface area contributed by atoms with Crippen molar-refractivity contribution < 1.29 is 5.11 Å². The van der Waals surface area contributed by atoms with E-state index in [-0.39, 0.29) is 17.2 Å². The van der Waals surface area contributed by atoms with Crippen LogP contribution in [-0.2, 0) is 7.05 Å². The maximum absolute atomic E-state index is 14.1. The van der Waals surface area contributed by atoms with Crippen molar-refractivity contribution in [3.63, 3.8) is 0 Å². The minimum absolute atomic E-state index is 0.176. The SMILES string of the molecule is CC(Nc1ncnc(N)c1-c1nnn(C)n1)c1nc2cccc(C#CC(C)(C)O)c2c(=O)n1-c1ccccc1. The Labute approximate surface area is 223 Å². The molecule has 0 aliphatic heterocycles. The van der Waals surface area contributed by atoms with Gasteiger partial charge in [0.25, 0.3) is 5.56 Å². The molecular formula is C27H26N10O2. The molecule has 4 N–H and O–H groups in total. The van der Waals surface area contributed by atoms with Gasteiger partial charge < -0.3 is 16.2 Å². The van der Waals surface area contributed by atoms with E-state index < -0.39 is 11.6 Å². The number of benzene rings is 2. The zero-order valence-electron chi connectivity index (χ0n) is 21.8. The van der Waals surface area contributed by atoms with Gasteiger partial charge in [0.15, 0.2) is 0 Å². The van der Waals surface area contributed by atoms with Crippen LogP contribution in [-0.4, -0.2) is 50.4 Å². The largest absolute Gasteiger partial charge is 0.383 e. The molecule has 5 aromatic rings. The number of nitrogens with two attached hydrogens (primary N) is 1. The van der Waals surface area contributed by atoms with Gasteiger partial charge in [-0.1, -0.05) is 36.1 Å². The second-order valence-electron chi connectivity index (χ2n) is 9.41. The highest BCUT2D eigenvalue weighted by Crippen LogP contribution is 2.30. The Balaban J connectivity index is 1.69. The summed E-state index contributed by atoms with van der Waals surface area (Å²) in [5, 5.41) is 26.0. The summed E-state index contributed by atoms with van der Waals surface area (Å²) in [7, 11) is 1.64. The Hall–Kier alpha value is -5.15. The van der Waals surface area contributed by atoms with Crippen molar-refractivity contribution in [3.05, 3.63) is 76.6 Å². The summed E-state index contributed by atoms with van der Waals surface area (Å²) >= 11 is 0. The zero-order valence-corrected chi connectivity index (χ0v) is 21.8. The molecule has 12 heteroatoms. The minimum Gasteiger partial charge on any atom is -0.383 e. The lowest BCUT2D eigenvalue weighted by Gasteiger charge is -2.21. The second-order valence-corrected chi connectivity index (χ2v) is 9.41.